The van der Waals surface area contributed by atoms with Gasteiger partial charge in [-0.05, 0) is 12.8 Å². The highest BCUT2D eigenvalue weighted by Crippen LogP contribution is 2.38. The zero-order valence-electron chi connectivity index (χ0n) is 10.9. The van der Waals surface area contributed by atoms with E-state index in [9.17, 15) is 5.11 Å². The third-order valence-corrected chi connectivity index (χ3v) is 4.06. The van der Waals surface area contributed by atoms with Crippen molar-refractivity contribution in [2.75, 3.05) is 6.61 Å². The molecule has 1 aromatic rings. The Bertz CT molecular complexity index is 507. The van der Waals surface area contributed by atoms with Crippen molar-refractivity contribution in [1.29, 1.82) is 0 Å². The van der Waals surface area contributed by atoms with Gasteiger partial charge in [-0.25, -0.2) is 9.98 Å². The van der Waals surface area contributed by atoms with Crippen molar-refractivity contribution in [3.8, 4) is 0 Å². The number of rotatable bonds is 3. The standard InChI is InChI=1S/C12H18N3O4P/c16-5-9-7(17)4-10(18-9)15-6-14-11-8(19-20)2-1-3-13-12(11)15/h3,6-10,16-17H,1-2,4-5,20H2/t7-,8+,9+,10+/m0/s1. The molecule has 0 spiro atoms. The van der Waals surface area contributed by atoms with E-state index in [-0.39, 0.29) is 18.9 Å². The summed E-state index contributed by atoms with van der Waals surface area (Å²) in [6, 6.07) is 0. The van der Waals surface area contributed by atoms with E-state index in [2.05, 4.69) is 19.4 Å². The molecule has 3 heterocycles. The van der Waals surface area contributed by atoms with Gasteiger partial charge in [0, 0.05) is 22.1 Å². The highest BCUT2D eigenvalue weighted by molar-refractivity contribution is 7.09. The van der Waals surface area contributed by atoms with Crippen LogP contribution >= 0.6 is 9.47 Å². The van der Waals surface area contributed by atoms with Gasteiger partial charge in [-0.2, -0.15) is 0 Å². The largest absolute Gasteiger partial charge is 0.394 e. The molecule has 7 nitrogen and oxygen atoms in total. The number of hydrogen-bond acceptors (Lipinski definition) is 6. The number of imidazole rings is 1. The third-order valence-electron chi connectivity index (χ3n) is 3.73. The molecule has 0 aromatic carbocycles. The molecule has 2 aliphatic heterocycles. The van der Waals surface area contributed by atoms with Crippen molar-refractivity contribution in [3.63, 3.8) is 0 Å². The molecule has 1 unspecified atom stereocenters. The average molecular weight is 299 g/mol. The molecule has 0 saturated carbocycles. The van der Waals surface area contributed by atoms with Crippen LogP contribution in [0.25, 0.3) is 0 Å². The predicted molar refractivity (Wildman–Crippen MR) is 74.8 cm³/mol. The maximum atomic E-state index is 9.83. The maximum Gasteiger partial charge on any atom is 0.160 e. The van der Waals surface area contributed by atoms with Crippen molar-refractivity contribution in [2.24, 2.45) is 4.99 Å². The molecule has 5 atom stereocenters. The van der Waals surface area contributed by atoms with E-state index < -0.39 is 12.2 Å². The highest BCUT2D eigenvalue weighted by atomic mass is 31.0. The summed E-state index contributed by atoms with van der Waals surface area (Å²) >= 11 is 0. The molecule has 1 aromatic heterocycles. The van der Waals surface area contributed by atoms with Gasteiger partial charge in [0.15, 0.2) is 5.82 Å². The van der Waals surface area contributed by atoms with Crippen LogP contribution in [0.5, 0.6) is 0 Å². The molecular formula is C12H18N3O4P. The number of aliphatic hydroxyl groups is 2. The second-order valence-electron chi connectivity index (χ2n) is 4.99. The average Bonchev–Trinajstić information content (AvgIpc) is 2.96. The van der Waals surface area contributed by atoms with Gasteiger partial charge in [0.2, 0.25) is 0 Å². The lowest BCUT2D eigenvalue weighted by molar-refractivity contribution is -0.0438. The Morgan fingerprint density at radius 1 is 1.55 bits per heavy atom. The molecule has 0 bridgehead atoms. The van der Waals surface area contributed by atoms with Gasteiger partial charge in [-0.1, -0.05) is 0 Å². The normalized spacial score (nSPS) is 33.1. The minimum absolute atomic E-state index is 0.112. The Kier molecular flexibility index (Phi) is 4.14. The van der Waals surface area contributed by atoms with Gasteiger partial charge in [0.05, 0.1) is 19.0 Å². The molecule has 8 heteroatoms. The molecule has 110 valence electrons. The molecule has 1 saturated heterocycles. The lowest BCUT2D eigenvalue weighted by Crippen LogP contribution is -2.24. The first kappa shape index (κ1) is 14.1. The Labute approximate surface area is 118 Å². The smallest absolute Gasteiger partial charge is 0.160 e. The number of hydrogen-bond donors (Lipinski definition) is 2. The summed E-state index contributed by atoms with van der Waals surface area (Å²) in [5.74, 6) is 0.700. The van der Waals surface area contributed by atoms with Crippen molar-refractivity contribution >= 4 is 21.5 Å². The van der Waals surface area contributed by atoms with E-state index in [0.29, 0.717) is 12.2 Å². The number of aromatic nitrogens is 2. The van der Waals surface area contributed by atoms with Crippen LogP contribution in [-0.2, 0) is 9.26 Å². The van der Waals surface area contributed by atoms with E-state index in [1.165, 1.54) is 0 Å². The van der Waals surface area contributed by atoms with Crippen LogP contribution in [0, 0.1) is 0 Å². The predicted octanol–water partition coefficient (Wildman–Crippen LogP) is 0.868. The Hall–Kier alpha value is -0.850. The minimum atomic E-state index is -0.674. The number of aliphatic imine (C=N–C) groups is 1. The first-order valence-corrected chi connectivity index (χ1v) is 7.11. The first-order valence-electron chi connectivity index (χ1n) is 6.63. The van der Waals surface area contributed by atoms with E-state index >= 15 is 0 Å². The van der Waals surface area contributed by atoms with E-state index in [1.807, 2.05) is 6.21 Å². The summed E-state index contributed by atoms with van der Waals surface area (Å²) in [5, 5.41) is 19.0. The number of fused-ring (bicyclic) bond motifs is 1. The van der Waals surface area contributed by atoms with Crippen LogP contribution < -0.4 is 0 Å². The fourth-order valence-corrected chi connectivity index (χ4v) is 2.90. The lowest BCUT2D eigenvalue weighted by Gasteiger charge is -2.15. The minimum Gasteiger partial charge on any atom is -0.394 e. The summed E-state index contributed by atoms with van der Waals surface area (Å²) in [6.45, 7) is -0.199. The SMILES string of the molecule is OC[C@H]1O[C@@H](n2cnc3c2N=CCC[C@H]3OP)C[C@@H]1O. The van der Waals surface area contributed by atoms with Crippen LogP contribution in [0.3, 0.4) is 0 Å². The molecule has 2 aliphatic rings. The highest BCUT2D eigenvalue weighted by Gasteiger charge is 2.36. The Morgan fingerprint density at radius 3 is 3.10 bits per heavy atom. The Balaban J connectivity index is 1.90. The molecule has 2 N–H and O–H groups in total. The Morgan fingerprint density at radius 2 is 2.40 bits per heavy atom. The van der Waals surface area contributed by atoms with Gasteiger partial charge < -0.3 is 19.5 Å². The van der Waals surface area contributed by atoms with Gasteiger partial charge in [-0.15, -0.1) is 0 Å². The molecule has 0 aliphatic carbocycles. The molecule has 1 fully saturated rings. The number of nitrogens with zero attached hydrogens (tertiary/aromatic N) is 3. The van der Waals surface area contributed by atoms with E-state index in [1.54, 1.807) is 10.9 Å². The summed E-state index contributed by atoms with van der Waals surface area (Å²) in [6.07, 6.45) is 3.85. The summed E-state index contributed by atoms with van der Waals surface area (Å²) in [7, 11) is 2.27. The van der Waals surface area contributed by atoms with Crippen LogP contribution in [0.2, 0.25) is 0 Å². The second kappa shape index (κ2) is 5.87. The van der Waals surface area contributed by atoms with Crippen molar-refractivity contribution < 1.29 is 19.5 Å². The second-order valence-corrected chi connectivity index (χ2v) is 5.26. The molecule has 0 radical (unpaired) electrons. The van der Waals surface area contributed by atoms with E-state index in [0.717, 1.165) is 18.5 Å². The van der Waals surface area contributed by atoms with Crippen LogP contribution in [0.4, 0.5) is 5.82 Å². The van der Waals surface area contributed by atoms with Crippen molar-refractivity contribution in [2.45, 2.75) is 43.8 Å². The first-order chi connectivity index (χ1) is 9.74. The quantitative estimate of drug-likeness (QED) is 0.808. The molecule has 0 amide bonds. The van der Waals surface area contributed by atoms with Crippen molar-refractivity contribution in [1.82, 2.24) is 9.55 Å². The van der Waals surface area contributed by atoms with Crippen molar-refractivity contribution in [3.05, 3.63) is 12.0 Å². The van der Waals surface area contributed by atoms with Crippen LogP contribution in [0.15, 0.2) is 11.3 Å². The fourth-order valence-electron chi connectivity index (χ4n) is 2.64. The summed E-state index contributed by atoms with van der Waals surface area (Å²) in [4.78, 5) is 8.80. The van der Waals surface area contributed by atoms with Gasteiger partial charge >= 0.3 is 0 Å². The van der Waals surface area contributed by atoms with E-state index in [4.69, 9.17) is 14.4 Å². The third kappa shape index (κ3) is 2.40. The van der Waals surface area contributed by atoms with Gasteiger partial charge in [0.25, 0.3) is 0 Å². The van der Waals surface area contributed by atoms with Crippen LogP contribution in [0.1, 0.15) is 37.3 Å². The van der Waals surface area contributed by atoms with Crippen LogP contribution in [-0.4, -0.2) is 44.8 Å². The molecule has 3 rings (SSSR count). The number of ether oxygens (including phenoxy) is 1. The number of aliphatic hydroxyl groups excluding tert-OH is 2. The summed E-state index contributed by atoms with van der Waals surface area (Å²) < 4.78 is 12.8. The topological polar surface area (TPSA) is 89.1 Å². The maximum absolute atomic E-state index is 9.83. The monoisotopic (exact) mass is 299 g/mol. The lowest BCUT2D eigenvalue weighted by atomic mass is 10.1. The zero-order chi connectivity index (χ0) is 14.1. The fraction of sp³-hybridized carbons (Fsp3) is 0.667. The van der Waals surface area contributed by atoms with Gasteiger partial charge in [0.1, 0.15) is 24.1 Å². The molecular weight excluding hydrogens is 281 g/mol. The zero-order valence-corrected chi connectivity index (χ0v) is 12.1. The van der Waals surface area contributed by atoms with Gasteiger partial charge in [-0.3, -0.25) is 4.57 Å². The summed E-state index contributed by atoms with van der Waals surface area (Å²) in [5.41, 5.74) is 0.777. The molecule has 20 heavy (non-hydrogen) atoms.